The Hall–Kier alpha value is -1.11. The maximum atomic E-state index is 12.4. The molecule has 7 heteroatoms. The molecule has 0 spiro atoms. The van der Waals surface area contributed by atoms with Gasteiger partial charge in [0.05, 0.1) is 5.56 Å². The molecule has 0 radical (unpaired) electrons. The van der Waals surface area contributed by atoms with E-state index >= 15 is 0 Å². The van der Waals surface area contributed by atoms with Gasteiger partial charge in [0.15, 0.2) is 0 Å². The lowest BCUT2D eigenvalue weighted by Crippen LogP contribution is -2.39. The molecule has 0 fully saturated rings. The Morgan fingerprint density at radius 2 is 2.11 bits per heavy atom. The molecular formula is C11H12BrF3N2O. The number of amides is 1. The molecule has 18 heavy (non-hydrogen) atoms. The number of hydrogen-bond donors (Lipinski definition) is 0. The van der Waals surface area contributed by atoms with Crippen molar-refractivity contribution in [3.8, 4) is 0 Å². The molecule has 0 aliphatic heterocycles. The summed E-state index contributed by atoms with van der Waals surface area (Å²) in [7, 11) is 0. The molecule has 0 N–H and O–H groups in total. The van der Waals surface area contributed by atoms with E-state index in [1.54, 1.807) is 6.92 Å². The molecule has 0 saturated heterocycles. The summed E-state index contributed by atoms with van der Waals surface area (Å²) in [5.41, 5.74) is 0.141. The Labute approximate surface area is 111 Å². The number of aromatic nitrogens is 1. The minimum absolute atomic E-state index is 0.0604. The maximum absolute atomic E-state index is 12.4. The second kappa shape index (κ2) is 6.17. The second-order valence-electron chi connectivity index (χ2n) is 3.73. The van der Waals surface area contributed by atoms with Crippen molar-refractivity contribution >= 4 is 21.8 Å². The van der Waals surface area contributed by atoms with Crippen molar-refractivity contribution in [3.05, 3.63) is 28.5 Å². The van der Waals surface area contributed by atoms with Gasteiger partial charge in [-0.3, -0.25) is 9.78 Å². The zero-order chi connectivity index (χ0) is 13.8. The van der Waals surface area contributed by atoms with Crippen molar-refractivity contribution in [2.75, 3.05) is 13.1 Å². The van der Waals surface area contributed by atoms with Crippen molar-refractivity contribution < 1.29 is 18.0 Å². The molecular weight excluding hydrogens is 313 g/mol. The van der Waals surface area contributed by atoms with E-state index in [9.17, 15) is 18.0 Å². The van der Waals surface area contributed by atoms with Crippen LogP contribution in [0.1, 0.15) is 23.7 Å². The molecule has 0 bridgehead atoms. The Balaban J connectivity index is 2.89. The Kier molecular flexibility index (Phi) is 5.13. The van der Waals surface area contributed by atoms with Crippen LogP contribution in [-0.2, 0) is 0 Å². The normalized spacial score (nSPS) is 11.4. The van der Waals surface area contributed by atoms with Gasteiger partial charge in [-0.2, -0.15) is 13.2 Å². The minimum atomic E-state index is -4.40. The molecule has 1 heterocycles. The number of carbonyl (C=O) groups is 1. The van der Waals surface area contributed by atoms with Gasteiger partial charge in [-0.05, 0) is 28.4 Å². The molecule has 0 aromatic carbocycles. The lowest BCUT2D eigenvalue weighted by molar-refractivity contribution is -0.140. The van der Waals surface area contributed by atoms with Gasteiger partial charge < -0.3 is 4.90 Å². The van der Waals surface area contributed by atoms with Gasteiger partial charge in [-0.1, -0.05) is 6.92 Å². The summed E-state index contributed by atoms with van der Waals surface area (Å²) >= 11 is 3.12. The first-order valence-electron chi connectivity index (χ1n) is 5.30. The lowest BCUT2D eigenvalue weighted by atomic mass is 10.2. The highest BCUT2D eigenvalue weighted by Gasteiger charge is 2.33. The summed E-state index contributed by atoms with van der Waals surface area (Å²) < 4.78 is 37.6. The van der Waals surface area contributed by atoms with Crippen LogP contribution < -0.4 is 0 Å². The van der Waals surface area contributed by atoms with Crippen LogP contribution in [0.15, 0.2) is 22.9 Å². The Morgan fingerprint density at radius 1 is 1.44 bits per heavy atom. The zero-order valence-corrected chi connectivity index (χ0v) is 11.3. The van der Waals surface area contributed by atoms with E-state index in [-0.39, 0.29) is 12.1 Å². The highest BCUT2D eigenvalue weighted by Crippen LogP contribution is 2.19. The van der Waals surface area contributed by atoms with Gasteiger partial charge in [-0.15, -0.1) is 0 Å². The maximum Gasteiger partial charge on any atom is 0.406 e. The SMILES string of the molecule is CCCN(CC(F)(F)F)C(=O)c1cncc(Br)c1. The molecule has 100 valence electrons. The van der Waals surface area contributed by atoms with Crippen molar-refractivity contribution in [2.24, 2.45) is 0 Å². The van der Waals surface area contributed by atoms with Crippen molar-refractivity contribution in [1.29, 1.82) is 0 Å². The number of pyridine rings is 1. The molecule has 1 aromatic heterocycles. The second-order valence-corrected chi connectivity index (χ2v) is 4.65. The minimum Gasteiger partial charge on any atom is -0.330 e. The van der Waals surface area contributed by atoms with Gasteiger partial charge in [0.1, 0.15) is 6.54 Å². The van der Waals surface area contributed by atoms with Crippen LogP contribution in [0.25, 0.3) is 0 Å². The third-order valence-corrected chi connectivity index (χ3v) is 2.54. The number of hydrogen-bond acceptors (Lipinski definition) is 2. The van der Waals surface area contributed by atoms with Crippen LogP contribution in [0.3, 0.4) is 0 Å². The predicted molar refractivity (Wildman–Crippen MR) is 64.2 cm³/mol. The summed E-state index contributed by atoms with van der Waals surface area (Å²) in [5, 5.41) is 0. The van der Waals surface area contributed by atoms with Gasteiger partial charge in [0.2, 0.25) is 0 Å². The summed E-state index contributed by atoms with van der Waals surface area (Å²) in [4.78, 5) is 16.5. The smallest absolute Gasteiger partial charge is 0.330 e. The number of carbonyl (C=O) groups excluding carboxylic acids is 1. The van der Waals surface area contributed by atoms with E-state index in [0.717, 1.165) is 4.90 Å². The Bertz CT molecular complexity index is 423. The average molecular weight is 325 g/mol. The summed E-state index contributed by atoms with van der Waals surface area (Å²) in [6, 6.07) is 1.45. The monoisotopic (exact) mass is 324 g/mol. The highest BCUT2D eigenvalue weighted by molar-refractivity contribution is 9.10. The van der Waals surface area contributed by atoms with Crippen LogP contribution in [0, 0.1) is 0 Å². The van der Waals surface area contributed by atoms with Crippen molar-refractivity contribution in [1.82, 2.24) is 9.88 Å². The number of rotatable bonds is 4. The number of halogens is 4. The average Bonchev–Trinajstić information content (AvgIpc) is 2.26. The van der Waals surface area contributed by atoms with Crippen molar-refractivity contribution in [2.45, 2.75) is 19.5 Å². The number of nitrogens with zero attached hydrogens (tertiary/aromatic N) is 2. The first kappa shape index (κ1) is 14.9. The molecule has 0 unspecified atom stereocenters. The Morgan fingerprint density at radius 3 is 2.61 bits per heavy atom. The molecule has 0 atom stereocenters. The molecule has 3 nitrogen and oxygen atoms in total. The fourth-order valence-electron chi connectivity index (χ4n) is 1.45. The summed E-state index contributed by atoms with van der Waals surface area (Å²) in [5.74, 6) is -0.664. The first-order chi connectivity index (χ1) is 8.33. The van der Waals surface area contributed by atoms with E-state index in [1.807, 2.05) is 0 Å². The van der Waals surface area contributed by atoms with Gasteiger partial charge >= 0.3 is 6.18 Å². The first-order valence-corrected chi connectivity index (χ1v) is 6.09. The molecule has 1 amide bonds. The van der Waals surface area contributed by atoms with Crippen LogP contribution in [0.5, 0.6) is 0 Å². The topological polar surface area (TPSA) is 33.2 Å². The molecule has 1 aromatic rings. The van der Waals surface area contributed by atoms with Crippen LogP contribution in [0.2, 0.25) is 0 Å². The molecule has 1 rings (SSSR count). The number of alkyl halides is 3. The lowest BCUT2D eigenvalue weighted by Gasteiger charge is -2.23. The predicted octanol–water partition coefficient (Wildman–Crippen LogP) is 3.26. The van der Waals surface area contributed by atoms with E-state index in [0.29, 0.717) is 10.9 Å². The standard InChI is InChI=1S/C11H12BrF3N2O/c1-2-3-17(7-11(13,14)15)10(18)8-4-9(12)6-16-5-8/h4-6H,2-3,7H2,1H3. The third-order valence-electron chi connectivity index (χ3n) is 2.10. The summed E-state index contributed by atoms with van der Waals surface area (Å²) in [6.45, 7) is 0.535. The fourth-order valence-corrected chi connectivity index (χ4v) is 1.81. The van der Waals surface area contributed by atoms with E-state index < -0.39 is 18.6 Å². The van der Waals surface area contributed by atoms with E-state index in [4.69, 9.17) is 0 Å². The highest BCUT2D eigenvalue weighted by atomic mass is 79.9. The summed E-state index contributed by atoms with van der Waals surface area (Å²) in [6.07, 6.45) is -1.22. The van der Waals surface area contributed by atoms with Crippen LogP contribution in [0.4, 0.5) is 13.2 Å². The van der Waals surface area contributed by atoms with Gasteiger partial charge in [0, 0.05) is 23.4 Å². The molecule has 0 aliphatic rings. The van der Waals surface area contributed by atoms with Gasteiger partial charge in [0.25, 0.3) is 5.91 Å². The fraction of sp³-hybridized carbons (Fsp3) is 0.455. The largest absolute Gasteiger partial charge is 0.406 e. The van der Waals surface area contributed by atoms with Crippen molar-refractivity contribution in [3.63, 3.8) is 0 Å². The van der Waals surface area contributed by atoms with Gasteiger partial charge in [-0.25, -0.2) is 0 Å². The van der Waals surface area contributed by atoms with E-state index in [1.165, 1.54) is 18.5 Å². The van der Waals surface area contributed by atoms with Crippen LogP contribution >= 0.6 is 15.9 Å². The van der Waals surface area contributed by atoms with Crippen LogP contribution in [-0.4, -0.2) is 35.1 Å². The molecule has 0 saturated carbocycles. The quantitative estimate of drug-likeness (QED) is 0.851. The third kappa shape index (κ3) is 4.64. The zero-order valence-electron chi connectivity index (χ0n) is 9.67. The molecule has 0 aliphatic carbocycles. The van der Waals surface area contributed by atoms with E-state index in [2.05, 4.69) is 20.9 Å².